The predicted molar refractivity (Wildman–Crippen MR) is 116 cm³/mol. The molecule has 0 amide bonds. The number of nitrogens with one attached hydrogen (secondary N) is 1. The summed E-state index contributed by atoms with van der Waals surface area (Å²) in [6.07, 6.45) is -14.4. The van der Waals surface area contributed by atoms with Gasteiger partial charge in [-0.05, 0) is 24.3 Å². The van der Waals surface area contributed by atoms with Crippen molar-refractivity contribution >= 4 is 17.8 Å². The van der Waals surface area contributed by atoms with E-state index in [1.807, 2.05) is 40.7 Å². The third-order valence-corrected chi connectivity index (χ3v) is 5.72. The SMILES string of the molecule is O=C(OC1Cc2ccc(N3CCC(Oc4ccccc4)CC3)nc2ONC1OC(=O)C(F)(F)F)C(F)(F)F. The second-order valence-corrected chi connectivity index (χ2v) is 8.44. The van der Waals surface area contributed by atoms with E-state index in [4.69, 9.17) is 9.57 Å². The lowest BCUT2D eigenvalue weighted by Crippen LogP contribution is -2.49. The van der Waals surface area contributed by atoms with E-state index >= 15 is 0 Å². The third-order valence-electron chi connectivity index (χ3n) is 5.72. The van der Waals surface area contributed by atoms with Gasteiger partial charge in [-0.3, -0.25) is 0 Å². The van der Waals surface area contributed by atoms with Gasteiger partial charge in [0.1, 0.15) is 17.7 Å². The number of aromatic nitrogens is 1. The average molecular weight is 549 g/mol. The standard InChI is InChI=1S/C23H21F6N3O6/c24-22(25,26)20(33)36-16-12-13-6-7-17(30-18(13)38-31-19(16)37-21(34)23(27,28)29)32-10-8-15(9-11-32)35-14-4-2-1-3-5-14/h1-7,15-16,19,31H,8-12H2. The molecule has 3 heterocycles. The highest BCUT2D eigenvalue weighted by Gasteiger charge is 2.48. The number of anilines is 1. The van der Waals surface area contributed by atoms with Gasteiger partial charge < -0.3 is 23.9 Å². The molecule has 2 atom stereocenters. The molecule has 0 bridgehead atoms. The number of carbonyl (C=O) groups is 2. The van der Waals surface area contributed by atoms with Gasteiger partial charge >= 0.3 is 24.3 Å². The first-order valence-corrected chi connectivity index (χ1v) is 11.3. The minimum atomic E-state index is -5.46. The van der Waals surface area contributed by atoms with Crippen LogP contribution < -0.4 is 20.0 Å². The van der Waals surface area contributed by atoms with E-state index in [1.165, 1.54) is 6.07 Å². The maximum absolute atomic E-state index is 12.7. The fraction of sp³-hybridized carbons (Fsp3) is 0.435. The summed E-state index contributed by atoms with van der Waals surface area (Å²) in [6, 6.07) is 12.3. The van der Waals surface area contributed by atoms with Crippen molar-refractivity contribution in [2.75, 3.05) is 18.0 Å². The normalized spacial score (nSPS) is 20.5. The van der Waals surface area contributed by atoms with Crippen LogP contribution in [0.1, 0.15) is 18.4 Å². The van der Waals surface area contributed by atoms with Crippen molar-refractivity contribution in [3.8, 4) is 11.6 Å². The quantitative estimate of drug-likeness (QED) is 0.444. The largest absolute Gasteiger partial charge is 0.490 e. The summed E-state index contributed by atoms with van der Waals surface area (Å²) in [6.45, 7) is 1.10. The fourth-order valence-electron chi connectivity index (χ4n) is 3.88. The molecular weight excluding hydrogens is 528 g/mol. The smallest absolute Gasteiger partial charge is 0.490 e. The lowest BCUT2D eigenvalue weighted by atomic mass is 10.1. The van der Waals surface area contributed by atoms with Crippen LogP contribution in [0.25, 0.3) is 0 Å². The summed E-state index contributed by atoms with van der Waals surface area (Å²) >= 11 is 0. The molecule has 38 heavy (non-hydrogen) atoms. The molecule has 2 unspecified atom stereocenters. The Balaban J connectivity index is 1.46. The number of piperidine rings is 1. The highest BCUT2D eigenvalue weighted by molar-refractivity contribution is 5.77. The highest BCUT2D eigenvalue weighted by atomic mass is 19.4. The van der Waals surface area contributed by atoms with Crippen molar-refractivity contribution in [2.24, 2.45) is 0 Å². The number of esters is 2. The molecule has 1 aromatic carbocycles. The topological polar surface area (TPSA) is 99.2 Å². The molecule has 1 aromatic heterocycles. The van der Waals surface area contributed by atoms with Gasteiger partial charge in [0.25, 0.3) is 0 Å². The van der Waals surface area contributed by atoms with Crippen LogP contribution in [0.15, 0.2) is 42.5 Å². The van der Waals surface area contributed by atoms with Gasteiger partial charge in [0, 0.05) is 37.9 Å². The molecule has 2 aliphatic heterocycles. The van der Waals surface area contributed by atoms with E-state index in [-0.39, 0.29) is 17.5 Å². The summed E-state index contributed by atoms with van der Waals surface area (Å²) in [7, 11) is 0. The van der Waals surface area contributed by atoms with Crippen LogP contribution in [0.3, 0.4) is 0 Å². The molecule has 1 fully saturated rings. The number of rotatable bonds is 5. The lowest BCUT2D eigenvalue weighted by molar-refractivity contribution is -0.227. The molecule has 0 aliphatic carbocycles. The second kappa shape index (κ2) is 10.9. The van der Waals surface area contributed by atoms with Crippen LogP contribution in [0.5, 0.6) is 11.6 Å². The van der Waals surface area contributed by atoms with Crippen molar-refractivity contribution in [1.29, 1.82) is 0 Å². The van der Waals surface area contributed by atoms with E-state index in [2.05, 4.69) is 14.5 Å². The van der Waals surface area contributed by atoms with Crippen LogP contribution >= 0.6 is 0 Å². The van der Waals surface area contributed by atoms with Crippen molar-refractivity contribution in [2.45, 2.75) is 50.1 Å². The maximum Gasteiger partial charge on any atom is 0.490 e. The number of hydrogen-bond donors (Lipinski definition) is 1. The summed E-state index contributed by atoms with van der Waals surface area (Å²) < 4.78 is 90.8. The Kier molecular flexibility index (Phi) is 7.85. The number of nitrogens with zero attached hydrogens (tertiary/aromatic N) is 2. The molecule has 2 aliphatic rings. The number of halogens is 6. The first-order valence-electron chi connectivity index (χ1n) is 11.3. The Morgan fingerprint density at radius 3 is 2.18 bits per heavy atom. The van der Waals surface area contributed by atoms with Crippen molar-refractivity contribution in [3.63, 3.8) is 0 Å². The molecule has 2 aromatic rings. The van der Waals surface area contributed by atoms with Gasteiger partial charge in [-0.1, -0.05) is 18.2 Å². The van der Waals surface area contributed by atoms with E-state index in [1.54, 1.807) is 6.07 Å². The van der Waals surface area contributed by atoms with Crippen molar-refractivity contribution in [3.05, 3.63) is 48.0 Å². The molecule has 0 radical (unpaired) electrons. The van der Waals surface area contributed by atoms with Gasteiger partial charge in [-0.15, -0.1) is 5.48 Å². The van der Waals surface area contributed by atoms with Crippen LogP contribution in [0.2, 0.25) is 0 Å². The number of fused-ring (bicyclic) bond motifs is 1. The number of carbonyl (C=O) groups excluding carboxylic acids is 2. The summed E-state index contributed by atoms with van der Waals surface area (Å²) in [5.41, 5.74) is 2.03. The van der Waals surface area contributed by atoms with E-state index in [9.17, 15) is 35.9 Å². The molecule has 0 saturated carbocycles. The van der Waals surface area contributed by atoms with Gasteiger partial charge in [-0.25, -0.2) is 9.59 Å². The zero-order chi connectivity index (χ0) is 27.5. The first-order chi connectivity index (χ1) is 17.9. The van der Waals surface area contributed by atoms with Gasteiger partial charge in [-0.2, -0.15) is 31.3 Å². The molecule has 1 saturated heterocycles. The number of hydroxylamine groups is 1. The minimum Gasteiger partial charge on any atom is -0.490 e. The van der Waals surface area contributed by atoms with Crippen LogP contribution in [-0.4, -0.2) is 60.8 Å². The van der Waals surface area contributed by atoms with Gasteiger partial charge in [0.2, 0.25) is 12.1 Å². The third kappa shape index (κ3) is 6.76. The van der Waals surface area contributed by atoms with Gasteiger partial charge in [0.05, 0.1) is 0 Å². The molecule has 206 valence electrons. The van der Waals surface area contributed by atoms with Crippen LogP contribution in [0.4, 0.5) is 32.2 Å². The van der Waals surface area contributed by atoms with Crippen molar-refractivity contribution < 1.29 is 55.0 Å². The molecule has 4 rings (SSSR count). The Bertz CT molecular complexity index is 1140. The number of para-hydroxylation sites is 1. The van der Waals surface area contributed by atoms with Crippen LogP contribution in [0, 0.1) is 0 Å². The summed E-state index contributed by atoms with van der Waals surface area (Å²) in [5, 5.41) is 0. The zero-order valence-corrected chi connectivity index (χ0v) is 19.4. The number of ether oxygens (including phenoxy) is 3. The van der Waals surface area contributed by atoms with E-state index < -0.39 is 43.0 Å². The fourth-order valence-corrected chi connectivity index (χ4v) is 3.88. The highest BCUT2D eigenvalue weighted by Crippen LogP contribution is 2.30. The summed E-state index contributed by atoms with van der Waals surface area (Å²) in [5.74, 6) is -4.41. The predicted octanol–water partition coefficient (Wildman–Crippen LogP) is 3.47. The number of pyridine rings is 1. The Labute approximate surface area is 211 Å². The monoisotopic (exact) mass is 549 g/mol. The van der Waals surface area contributed by atoms with E-state index in [0.29, 0.717) is 31.7 Å². The number of alkyl halides is 6. The molecule has 1 N–H and O–H groups in total. The summed E-state index contributed by atoms with van der Waals surface area (Å²) in [4.78, 5) is 34.1. The molecule has 0 spiro atoms. The number of benzene rings is 1. The Morgan fingerprint density at radius 2 is 1.55 bits per heavy atom. The van der Waals surface area contributed by atoms with Crippen molar-refractivity contribution in [1.82, 2.24) is 10.5 Å². The molecular formula is C23H21F6N3O6. The molecule has 9 nitrogen and oxygen atoms in total. The second-order valence-electron chi connectivity index (χ2n) is 8.44. The van der Waals surface area contributed by atoms with Crippen LogP contribution in [-0.2, 0) is 25.5 Å². The van der Waals surface area contributed by atoms with E-state index in [0.717, 1.165) is 5.75 Å². The zero-order valence-electron chi connectivity index (χ0n) is 19.4. The lowest BCUT2D eigenvalue weighted by Gasteiger charge is -2.33. The minimum absolute atomic E-state index is 0.0273. The molecule has 15 heteroatoms. The van der Waals surface area contributed by atoms with Gasteiger partial charge in [0.15, 0.2) is 6.10 Å². The number of hydrogen-bond acceptors (Lipinski definition) is 9. The maximum atomic E-state index is 12.7. The Hall–Kier alpha value is -3.75. The Morgan fingerprint density at radius 1 is 0.921 bits per heavy atom. The first kappa shape index (κ1) is 27.3. The average Bonchev–Trinajstić information content (AvgIpc) is 3.02.